The Morgan fingerprint density at radius 3 is 2.73 bits per heavy atom. The van der Waals surface area contributed by atoms with Crippen LogP contribution in [0.2, 0.25) is 0 Å². The van der Waals surface area contributed by atoms with E-state index in [1.54, 1.807) is 4.57 Å². The predicted octanol–water partition coefficient (Wildman–Crippen LogP) is 4.09. The normalized spacial score (nSPS) is 11.2. The number of hydrogen-bond acceptors (Lipinski definition) is 7. The number of nitrogens with zero attached hydrogens (tertiary/aromatic N) is 4. The second-order valence-electron chi connectivity index (χ2n) is 7.49. The second-order valence-corrected chi connectivity index (χ2v) is 7.49. The maximum Gasteiger partial charge on any atom is 0.412 e. The van der Waals surface area contributed by atoms with Crippen molar-refractivity contribution in [3.8, 4) is 17.2 Å². The summed E-state index contributed by atoms with van der Waals surface area (Å²) in [5.41, 5.74) is 10.6. The molecule has 1 amide bonds. The summed E-state index contributed by atoms with van der Waals surface area (Å²) >= 11 is 0. The zero-order valence-corrected chi connectivity index (χ0v) is 17.8. The molecule has 0 saturated heterocycles. The van der Waals surface area contributed by atoms with Crippen LogP contribution < -0.4 is 15.8 Å². The molecule has 0 spiro atoms. The van der Waals surface area contributed by atoms with Crippen LogP contribution in [-0.2, 0) is 13.6 Å². The predicted molar refractivity (Wildman–Crippen MR) is 120 cm³/mol. The molecule has 10 heteroatoms. The third-order valence-electron chi connectivity index (χ3n) is 5.21. The van der Waals surface area contributed by atoms with E-state index in [1.807, 2.05) is 38.2 Å². The summed E-state index contributed by atoms with van der Waals surface area (Å²) < 4.78 is 25.8. The fourth-order valence-electron chi connectivity index (χ4n) is 3.54. The molecule has 5 aromatic rings. The quantitative estimate of drug-likeness (QED) is 0.426. The Morgan fingerprint density at radius 2 is 1.94 bits per heavy atom. The van der Waals surface area contributed by atoms with E-state index in [-0.39, 0.29) is 12.3 Å². The lowest BCUT2D eigenvalue weighted by molar-refractivity contribution is 0.200. The third-order valence-corrected chi connectivity index (χ3v) is 5.21. The van der Waals surface area contributed by atoms with Crippen molar-refractivity contribution in [1.82, 2.24) is 24.8 Å². The number of halogens is 1. The van der Waals surface area contributed by atoms with E-state index in [0.29, 0.717) is 34.3 Å². The smallest absolute Gasteiger partial charge is 0.412 e. The number of fused-ring (bicyclic) bond motifs is 3. The van der Waals surface area contributed by atoms with Gasteiger partial charge in [-0.2, -0.15) is 0 Å². The summed E-state index contributed by atoms with van der Waals surface area (Å²) in [7, 11) is 1.81. The number of aryl methyl sites for hydroxylation is 2. The number of hydrogen-bond donors (Lipinski definition) is 2. The van der Waals surface area contributed by atoms with Crippen molar-refractivity contribution in [2.45, 2.75) is 13.5 Å². The van der Waals surface area contributed by atoms with Gasteiger partial charge in [0.05, 0.1) is 5.69 Å². The van der Waals surface area contributed by atoms with Gasteiger partial charge in [0, 0.05) is 19.2 Å². The number of oxazole rings is 1. The molecule has 0 fully saturated rings. The average molecular weight is 446 g/mol. The van der Waals surface area contributed by atoms with Crippen molar-refractivity contribution in [3.05, 3.63) is 65.6 Å². The zero-order chi connectivity index (χ0) is 23.1. The molecule has 0 bridgehead atoms. The van der Waals surface area contributed by atoms with Crippen molar-refractivity contribution >= 4 is 34.3 Å². The van der Waals surface area contributed by atoms with Gasteiger partial charge in [0.2, 0.25) is 17.6 Å². The minimum Gasteiger partial charge on any atom is -0.418 e. The van der Waals surface area contributed by atoms with Gasteiger partial charge in [-0.15, -0.1) is 0 Å². The topological polar surface area (TPSA) is 121 Å². The van der Waals surface area contributed by atoms with E-state index in [2.05, 4.69) is 20.3 Å². The molecule has 5 rings (SSSR count). The lowest BCUT2D eigenvalue weighted by atomic mass is 10.1. The molecule has 0 aliphatic carbocycles. The highest BCUT2D eigenvalue weighted by atomic mass is 19.1. The first-order chi connectivity index (χ1) is 15.9. The SMILES string of the molecule is Cc1nc2oc(-c3cccc(CNC(=O)Oc4ccc(F)cc4)c3)nc2c2c1nc(N)n2C. The largest absolute Gasteiger partial charge is 0.418 e. The van der Waals surface area contributed by atoms with Gasteiger partial charge in [-0.05, 0) is 48.9 Å². The number of carbonyl (C=O) groups is 1. The Kier molecular flexibility index (Phi) is 4.89. The molecule has 3 aromatic heterocycles. The zero-order valence-electron chi connectivity index (χ0n) is 17.8. The average Bonchev–Trinajstić information content (AvgIpc) is 3.35. The number of rotatable bonds is 4. The molecule has 0 aliphatic rings. The van der Waals surface area contributed by atoms with Crippen LogP contribution in [0.15, 0.2) is 52.9 Å². The molecule has 3 heterocycles. The third kappa shape index (κ3) is 3.82. The van der Waals surface area contributed by atoms with E-state index in [4.69, 9.17) is 14.9 Å². The van der Waals surface area contributed by atoms with E-state index in [9.17, 15) is 9.18 Å². The molecular weight excluding hydrogens is 427 g/mol. The van der Waals surface area contributed by atoms with Crippen LogP contribution in [0.5, 0.6) is 5.75 Å². The fourth-order valence-corrected chi connectivity index (χ4v) is 3.54. The maximum absolute atomic E-state index is 13.0. The minimum absolute atomic E-state index is 0.216. The standard InChI is InChI=1S/C23H19FN6O3/c1-12-17-19(30(2)22(25)29-17)18-21(27-12)33-20(28-18)14-5-3-4-13(10-14)11-26-23(31)32-16-8-6-15(24)7-9-16/h3-10H,11H2,1-2H3,(H2,25,29)(H,26,31). The summed E-state index contributed by atoms with van der Waals surface area (Å²) in [6, 6.07) is 12.6. The molecule has 0 radical (unpaired) electrons. The lowest BCUT2D eigenvalue weighted by Gasteiger charge is -2.07. The van der Waals surface area contributed by atoms with E-state index >= 15 is 0 Å². The van der Waals surface area contributed by atoms with Gasteiger partial charge < -0.3 is 24.8 Å². The van der Waals surface area contributed by atoms with Crippen molar-refractivity contribution < 1.29 is 18.3 Å². The van der Waals surface area contributed by atoms with Gasteiger partial charge in [-0.1, -0.05) is 12.1 Å². The van der Waals surface area contributed by atoms with Gasteiger partial charge in [-0.25, -0.2) is 24.1 Å². The number of pyridine rings is 1. The number of nitrogen functional groups attached to an aromatic ring is 1. The van der Waals surface area contributed by atoms with Crippen LogP contribution >= 0.6 is 0 Å². The van der Waals surface area contributed by atoms with Gasteiger partial charge >= 0.3 is 6.09 Å². The number of anilines is 1. The van der Waals surface area contributed by atoms with Crippen molar-refractivity contribution in [2.75, 3.05) is 5.73 Å². The van der Waals surface area contributed by atoms with Crippen LogP contribution in [0.1, 0.15) is 11.3 Å². The number of ether oxygens (including phenoxy) is 1. The van der Waals surface area contributed by atoms with Crippen LogP contribution in [0.25, 0.3) is 33.7 Å². The molecule has 0 saturated carbocycles. The number of amides is 1. The fraction of sp³-hybridized carbons (Fsp3) is 0.130. The van der Waals surface area contributed by atoms with Crippen molar-refractivity contribution in [3.63, 3.8) is 0 Å². The van der Waals surface area contributed by atoms with E-state index < -0.39 is 11.9 Å². The van der Waals surface area contributed by atoms with Crippen molar-refractivity contribution in [1.29, 1.82) is 0 Å². The Hall–Kier alpha value is -4.47. The summed E-state index contributed by atoms with van der Waals surface area (Å²) in [6.45, 7) is 2.06. The first-order valence-corrected chi connectivity index (χ1v) is 10.1. The molecular formula is C23H19FN6O3. The number of benzene rings is 2. The monoisotopic (exact) mass is 446 g/mol. The first kappa shape index (κ1) is 20.4. The van der Waals surface area contributed by atoms with E-state index in [0.717, 1.165) is 16.6 Å². The minimum atomic E-state index is -0.648. The first-order valence-electron chi connectivity index (χ1n) is 10.1. The number of aromatic nitrogens is 4. The van der Waals surface area contributed by atoms with Crippen LogP contribution in [0, 0.1) is 12.7 Å². The van der Waals surface area contributed by atoms with Crippen LogP contribution in [0.3, 0.4) is 0 Å². The van der Waals surface area contributed by atoms with Crippen LogP contribution in [0.4, 0.5) is 15.1 Å². The summed E-state index contributed by atoms with van der Waals surface area (Å²) in [5.74, 6) is 0.600. The number of carbonyl (C=O) groups excluding carboxylic acids is 1. The number of nitrogens with one attached hydrogen (secondary N) is 1. The molecule has 3 N–H and O–H groups in total. The Bertz CT molecular complexity index is 1510. The molecule has 0 unspecified atom stereocenters. The highest BCUT2D eigenvalue weighted by Crippen LogP contribution is 2.30. The summed E-state index contributed by atoms with van der Waals surface area (Å²) in [5, 5.41) is 2.67. The number of nitrogens with two attached hydrogens (primary N) is 1. The van der Waals surface area contributed by atoms with Gasteiger partial charge in [0.15, 0.2) is 5.52 Å². The maximum atomic E-state index is 13.0. The lowest BCUT2D eigenvalue weighted by Crippen LogP contribution is -2.26. The Labute approximate surface area is 187 Å². The number of imidazole rings is 1. The highest BCUT2D eigenvalue weighted by Gasteiger charge is 2.19. The molecule has 2 aromatic carbocycles. The van der Waals surface area contributed by atoms with Crippen LogP contribution in [-0.4, -0.2) is 25.6 Å². The molecule has 166 valence electrons. The van der Waals surface area contributed by atoms with Gasteiger partial charge in [-0.3, -0.25) is 0 Å². The molecule has 9 nitrogen and oxygen atoms in total. The Balaban J connectivity index is 1.38. The van der Waals surface area contributed by atoms with Crippen molar-refractivity contribution in [2.24, 2.45) is 7.05 Å². The summed E-state index contributed by atoms with van der Waals surface area (Å²) in [6.07, 6.45) is -0.648. The highest BCUT2D eigenvalue weighted by molar-refractivity contribution is 6.00. The molecule has 33 heavy (non-hydrogen) atoms. The Morgan fingerprint density at radius 1 is 1.15 bits per heavy atom. The summed E-state index contributed by atoms with van der Waals surface area (Å²) in [4.78, 5) is 25.5. The molecule has 0 atom stereocenters. The van der Waals surface area contributed by atoms with Gasteiger partial charge in [0.25, 0.3) is 0 Å². The molecule has 0 aliphatic heterocycles. The second kappa shape index (κ2) is 7.90. The van der Waals surface area contributed by atoms with E-state index in [1.165, 1.54) is 24.3 Å². The van der Waals surface area contributed by atoms with Gasteiger partial charge in [0.1, 0.15) is 22.6 Å².